The summed E-state index contributed by atoms with van der Waals surface area (Å²) in [6.45, 7) is 0. The minimum absolute atomic E-state index is 0.195. The van der Waals surface area contributed by atoms with Crippen LogP contribution in [0.5, 0.6) is 0 Å². The summed E-state index contributed by atoms with van der Waals surface area (Å²) in [5, 5.41) is 4.11. The predicted octanol–water partition coefficient (Wildman–Crippen LogP) is 2.38. The molecule has 0 fully saturated rings. The Kier molecular flexibility index (Phi) is 2.37. The van der Waals surface area contributed by atoms with Crippen molar-refractivity contribution in [3.8, 4) is 11.3 Å². The van der Waals surface area contributed by atoms with Crippen LogP contribution in [0.15, 0.2) is 47.1 Å². The normalized spacial score (nSPS) is 10.7. The molecule has 0 saturated heterocycles. The van der Waals surface area contributed by atoms with Crippen molar-refractivity contribution < 1.29 is 13.9 Å². The molecular weight excluding hydrogens is 232 g/mol. The molecule has 90 valence electrons. The van der Waals surface area contributed by atoms with Gasteiger partial charge in [-0.05, 0) is 30.3 Å². The number of rotatable bonds is 2. The zero-order valence-electron chi connectivity index (χ0n) is 9.66. The first kappa shape index (κ1) is 10.6. The average molecular weight is 242 g/mol. The van der Waals surface area contributed by atoms with Crippen molar-refractivity contribution in [1.82, 2.24) is 9.61 Å². The molecule has 0 aliphatic heterocycles. The van der Waals surface area contributed by atoms with Crippen LogP contribution in [0, 0.1) is 0 Å². The van der Waals surface area contributed by atoms with Crippen LogP contribution >= 0.6 is 0 Å². The van der Waals surface area contributed by atoms with Gasteiger partial charge in [0.05, 0.1) is 12.6 Å². The number of furan rings is 1. The zero-order valence-corrected chi connectivity index (χ0v) is 9.66. The molecule has 0 atom stereocenters. The fourth-order valence-corrected chi connectivity index (χ4v) is 1.78. The van der Waals surface area contributed by atoms with Crippen molar-refractivity contribution in [2.45, 2.75) is 0 Å². The van der Waals surface area contributed by atoms with Gasteiger partial charge in [0, 0.05) is 18.0 Å². The van der Waals surface area contributed by atoms with Crippen molar-refractivity contribution in [1.29, 1.82) is 0 Å². The topological polar surface area (TPSA) is 56.7 Å². The summed E-state index contributed by atoms with van der Waals surface area (Å²) in [6, 6.07) is 9.05. The fourth-order valence-electron chi connectivity index (χ4n) is 1.78. The van der Waals surface area contributed by atoms with E-state index in [-0.39, 0.29) is 5.76 Å². The van der Waals surface area contributed by atoms with E-state index in [1.54, 1.807) is 22.8 Å². The molecule has 0 amide bonds. The molecule has 0 aliphatic carbocycles. The first-order valence-electron chi connectivity index (χ1n) is 5.40. The first-order valence-corrected chi connectivity index (χ1v) is 5.40. The summed E-state index contributed by atoms with van der Waals surface area (Å²) >= 11 is 0. The van der Waals surface area contributed by atoms with Crippen molar-refractivity contribution in [2.24, 2.45) is 0 Å². The lowest BCUT2D eigenvalue weighted by molar-refractivity contribution is 0.0566. The fraction of sp³-hybridized carbons (Fsp3) is 0.0769. The quantitative estimate of drug-likeness (QED) is 0.647. The number of hydrogen-bond donors (Lipinski definition) is 0. The van der Waals surface area contributed by atoms with Crippen LogP contribution in [-0.4, -0.2) is 22.7 Å². The molecule has 0 aromatic carbocycles. The summed E-state index contributed by atoms with van der Waals surface area (Å²) < 4.78 is 11.8. The Hall–Kier alpha value is -2.56. The first-order chi connectivity index (χ1) is 8.78. The molecule has 0 bridgehead atoms. The van der Waals surface area contributed by atoms with E-state index >= 15 is 0 Å². The van der Waals surface area contributed by atoms with Crippen molar-refractivity contribution in [2.75, 3.05) is 7.11 Å². The monoisotopic (exact) mass is 242 g/mol. The van der Waals surface area contributed by atoms with Crippen LogP contribution in [0.2, 0.25) is 0 Å². The molecule has 3 aromatic rings. The number of esters is 1. The molecule has 0 aliphatic rings. The summed E-state index contributed by atoms with van der Waals surface area (Å²) in [5.74, 6) is 0.340. The Bertz CT molecular complexity index is 712. The summed E-state index contributed by atoms with van der Waals surface area (Å²) in [5.41, 5.74) is 1.85. The lowest BCUT2D eigenvalue weighted by atomic mass is 10.2. The largest absolute Gasteiger partial charge is 0.463 e. The maximum Gasteiger partial charge on any atom is 0.373 e. The van der Waals surface area contributed by atoms with Gasteiger partial charge in [-0.2, -0.15) is 5.10 Å². The Labute approximate surface area is 103 Å². The van der Waals surface area contributed by atoms with Gasteiger partial charge in [0.2, 0.25) is 5.76 Å². The number of pyridine rings is 1. The van der Waals surface area contributed by atoms with E-state index in [9.17, 15) is 4.79 Å². The molecule has 0 saturated carbocycles. The van der Waals surface area contributed by atoms with Crippen molar-refractivity contribution >= 4 is 11.5 Å². The van der Waals surface area contributed by atoms with Gasteiger partial charge >= 0.3 is 5.97 Å². The molecule has 0 radical (unpaired) electrons. The van der Waals surface area contributed by atoms with Crippen LogP contribution in [0.25, 0.3) is 16.8 Å². The molecule has 0 spiro atoms. The van der Waals surface area contributed by atoms with Gasteiger partial charge in [0.1, 0.15) is 5.76 Å². The van der Waals surface area contributed by atoms with Crippen LogP contribution in [-0.2, 0) is 4.74 Å². The second kappa shape index (κ2) is 4.03. The molecule has 3 rings (SSSR count). The number of ether oxygens (including phenoxy) is 1. The SMILES string of the molecule is COC(=O)c1ccc(-c2ccn3nccc3c2)o1. The maximum atomic E-state index is 11.3. The third-order valence-electron chi connectivity index (χ3n) is 2.68. The van der Waals surface area contributed by atoms with Gasteiger partial charge in [-0.1, -0.05) is 0 Å². The molecule has 3 aromatic heterocycles. The van der Waals surface area contributed by atoms with Gasteiger partial charge in [-0.25, -0.2) is 9.31 Å². The second-order valence-corrected chi connectivity index (χ2v) is 3.77. The molecule has 0 N–H and O–H groups in total. The lowest BCUT2D eigenvalue weighted by Crippen LogP contribution is -1.98. The van der Waals surface area contributed by atoms with E-state index in [0.717, 1.165) is 11.1 Å². The smallest absolute Gasteiger partial charge is 0.373 e. The summed E-state index contributed by atoms with van der Waals surface area (Å²) in [4.78, 5) is 11.3. The molecule has 18 heavy (non-hydrogen) atoms. The third-order valence-corrected chi connectivity index (χ3v) is 2.68. The number of aromatic nitrogens is 2. The van der Waals surface area contributed by atoms with Crippen LogP contribution in [0.3, 0.4) is 0 Å². The maximum absolute atomic E-state index is 11.3. The average Bonchev–Trinajstić information content (AvgIpc) is 3.05. The summed E-state index contributed by atoms with van der Waals surface area (Å²) in [6.07, 6.45) is 3.56. The minimum Gasteiger partial charge on any atom is -0.463 e. The number of methoxy groups -OCH3 is 1. The highest BCUT2D eigenvalue weighted by Crippen LogP contribution is 2.23. The van der Waals surface area contributed by atoms with Gasteiger partial charge in [-0.3, -0.25) is 0 Å². The highest BCUT2D eigenvalue weighted by molar-refractivity contribution is 5.87. The standard InChI is InChI=1S/C13H10N2O3/c1-17-13(16)12-3-2-11(18-12)9-5-7-15-10(8-9)4-6-14-15/h2-8H,1H3. The number of hydrogen-bond acceptors (Lipinski definition) is 4. The van der Waals surface area contributed by atoms with E-state index < -0.39 is 5.97 Å². The highest BCUT2D eigenvalue weighted by atomic mass is 16.5. The third kappa shape index (κ3) is 1.66. The van der Waals surface area contributed by atoms with Gasteiger partial charge in [0.15, 0.2) is 0 Å². The van der Waals surface area contributed by atoms with Gasteiger partial charge in [0.25, 0.3) is 0 Å². The van der Waals surface area contributed by atoms with E-state index in [0.29, 0.717) is 5.76 Å². The molecule has 3 heterocycles. The van der Waals surface area contributed by atoms with Crippen LogP contribution in [0.4, 0.5) is 0 Å². The summed E-state index contributed by atoms with van der Waals surface area (Å²) in [7, 11) is 1.32. The second-order valence-electron chi connectivity index (χ2n) is 3.77. The van der Waals surface area contributed by atoms with Crippen molar-refractivity contribution in [3.63, 3.8) is 0 Å². The Balaban J connectivity index is 2.03. The Morgan fingerprint density at radius 3 is 3.06 bits per heavy atom. The predicted molar refractivity (Wildman–Crippen MR) is 64.2 cm³/mol. The lowest BCUT2D eigenvalue weighted by Gasteiger charge is -1.98. The highest BCUT2D eigenvalue weighted by Gasteiger charge is 2.12. The van der Waals surface area contributed by atoms with E-state index in [2.05, 4.69) is 9.84 Å². The number of carbonyl (C=O) groups is 1. The minimum atomic E-state index is -0.480. The van der Waals surface area contributed by atoms with Gasteiger partial charge in [-0.15, -0.1) is 0 Å². The number of nitrogens with zero attached hydrogens (tertiary/aromatic N) is 2. The van der Waals surface area contributed by atoms with E-state index in [4.69, 9.17) is 4.42 Å². The van der Waals surface area contributed by atoms with E-state index in [1.807, 2.05) is 24.4 Å². The van der Waals surface area contributed by atoms with Gasteiger partial charge < -0.3 is 9.15 Å². The van der Waals surface area contributed by atoms with Crippen molar-refractivity contribution in [3.05, 3.63) is 48.5 Å². The number of fused-ring (bicyclic) bond motifs is 1. The van der Waals surface area contributed by atoms with E-state index in [1.165, 1.54) is 7.11 Å². The number of carbonyl (C=O) groups excluding carboxylic acids is 1. The molecule has 5 heteroatoms. The Morgan fingerprint density at radius 1 is 1.33 bits per heavy atom. The molecular formula is C13H10N2O3. The van der Waals surface area contributed by atoms with Crippen LogP contribution < -0.4 is 0 Å². The zero-order chi connectivity index (χ0) is 12.5. The van der Waals surface area contributed by atoms with Crippen LogP contribution in [0.1, 0.15) is 10.6 Å². The Morgan fingerprint density at radius 2 is 2.22 bits per heavy atom. The molecule has 0 unspecified atom stereocenters. The molecule has 5 nitrogen and oxygen atoms in total.